The summed E-state index contributed by atoms with van der Waals surface area (Å²) in [6, 6.07) is 9.54. The number of hydrogen-bond donors (Lipinski definition) is 3. The van der Waals surface area contributed by atoms with E-state index in [2.05, 4.69) is 5.32 Å². The molecule has 0 bridgehead atoms. The third-order valence-electron chi connectivity index (χ3n) is 4.19. The number of rotatable bonds is 5. The van der Waals surface area contributed by atoms with E-state index in [0.29, 0.717) is 13.1 Å². The first-order valence-electron chi connectivity index (χ1n) is 7.99. The fourth-order valence-electron chi connectivity index (χ4n) is 2.82. The number of nitrogens with one attached hydrogen (secondary N) is 1. The van der Waals surface area contributed by atoms with Gasteiger partial charge in [0.15, 0.2) is 12.2 Å². The van der Waals surface area contributed by atoms with Gasteiger partial charge in [-0.05, 0) is 35.1 Å². The van der Waals surface area contributed by atoms with Crippen molar-refractivity contribution in [2.75, 3.05) is 0 Å². The van der Waals surface area contributed by atoms with Crippen LogP contribution in [-0.4, -0.2) is 39.1 Å². The zero-order valence-corrected chi connectivity index (χ0v) is 14.6. The first-order valence-corrected chi connectivity index (χ1v) is 8.87. The van der Waals surface area contributed by atoms with Crippen molar-refractivity contribution in [1.82, 2.24) is 10.2 Å². The van der Waals surface area contributed by atoms with Gasteiger partial charge in [-0.15, -0.1) is 11.3 Å². The molecule has 25 heavy (non-hydrogen) atoms. The van der Waals surface area contributed by atoms with Gasteiger partial charge in [-0.1, -0.05) is 24.3 Å². The van der Waals surface area contributed by atoms with Crippen LogP contribution < -0.4 is 5.32 Å². The van der Waals surface area contributed by atoms with Crippen LogP contribution in [0.1, 0.15) is 21.6 Å². The quantitative estimate of drug-likeness (QED) is 0.740. The number of aliphatic hydroxyl groups is 2. The molecule has 2 atom stereocenters. The van der Waals surface area contributed by atoms with Crippen molar-refractivity contribution in [3.05, 3.63) is 57.3 Å². The second-order valence-electron chi connectivity index (χ2n) is 6.16. The highest BCUT2D eigenvalue weighted by Gasteiger charge is 2.35. The van der Waals surface area contributed by atoms with E-state index in [4.69, 9.17) is 0 Å². The number of aliphatic hydroxyl groups excluding tert-OH is 2. The van der Waals surface area contributed by atoms with E-state index in [-0.39, 0.29) is 6.54 Å². The van der Waals surface area contributed by atoms with E-state index >= 15 is 0 Å². The fraction of sp³-hybridized carbons (Fsp3) is 0.333. The molecule has 6 nitrogen and oxygen atoms in total. The minimum Gasteiger partial charge on any atom is -0.380 e. The zero-order chi connectivity index (χ0) is 18.0. The monoisotopic (exact) mass is 360 g/mol. The fourth-order valence-corrected chi connectivity index (χ4v) is 3.63. The Kier molecular flexibility index (Phi) is 5.17. The van der Waals surface area contributed by atoms with Crippen molar-refractivity contribution in [2.24, 2.45) is 0 Å². The highest BCUT2D eigenvalue weighted by atomic mass is 32.1. The summed E-state index contributed by atoms with van der Waals surface area (Å²) in [4.78, 5) is 26.8. The molecule has 1 aromatic heterocycles. The SMILES string of the molecule is Cc1csc(CNC(=O)C(O)C(O)C(=O)N2Cc3ccccc3C2)c1. The maximum atomic E-state index is 12.4. The van der Waals surface area contributed by atoms with Gasteiger partial charge in [-0.2, -0.15) is 0 Å². The Morgan fingerprint density at radius 2 is 1.84 bits per heavy atom. The molecule has 0 aliphatic carbocycles. The van der Waals surface area contributed by atoms with Crippen LogP contribution in [0.2, 0.25) is 0 Å². The molecule has 0 fully saturated rings. The van der Waals surface area contributed by atoms with Gasteiger partial charge < -0.3 is 20.4 Å². The van der Waals surface area contributed by atoms with Gasteiger partial charge in [-0.25, -0.2) is 0 Å². The molecule has 2 aromatic rings. The lowest BCUT2D eigenvalue weighted by molar-refractivity contribution is -0.153. The predicted molar refractivity (Wildman–Crippen MR) is 93.6 cm³/mol. The first kappa shape index (κ1) is 17.6. The van der Waals surface area contributed by atoms with Crippen molar-refractivity contribution < 1.29 is 19.8 Å². The highest BCUT2D eigenvalue weighted by Crippen LogP contribution is 2.23. The van der Waals surface area contributed by atoms with Gasteiger partial charge >= 0.3 is 0 Å². The molecule has 2 heterocycles. The van der Waals surface area contributed by atoms with Crippen molar-refractivity contribution in [3.63, 3.8) is 0 Å². The number of nitrogens with zero attached hydrogens (tertiary/aromatic N) is 1. The van der Waals surface area contributed by atoms with E-state index < -0.39 is 24.0 Å². The number of fused-ring (bicyclic) bond motifs is 1. The molecule has 1 aliphatic rings. The summed E-state index contributed by atoms with van der Waals surface area (Å²) in [5.41, 5.74) is 3.11. The number of benzene rings is 1. The van der Waals surface area contributed by atoms with Crippen LogP contribution in [-0.2, 0) is 29.2 Å². The smallest absolute Gasteiger partial charge is 0.255 e. The minimum absolute atomic E-state index is 0.254. The predicted octanol–water partition coefficient (Wildman–Crippen LogP) is 0.937. The van der Waals surface area contributed by atoms with Crippen LogP contribution in [0.5, 0.6) is 0 Å². The Morgan fingerprint density at radius 3 is 2.40 bits per heavy atom. The Morgan fingerprint density at radius 1 is 1.20 bits per heavy atom. The second kappa shape index (κ2) is 7.35. The molecule has 2 unspecified atom stereocenters. The topological polar surface area (TPSA) is 89.9 Å². The average molecular weight is 360 g/mol. The first-order chi connectivity index (χ1) is 12.0. The Hall–Kier alpha value is -2.22. The summed E-state index contributed by atoms with van der Waals surface area (Å²) >= 11 is 1.50. The van der Waals surface area contributed by atoms with Crippen molar-refractivity contribution >= 4 is 23.2 Å². The molecule has 0 spiro atoms. The third-order valence-corrected chi connectivity index (χ3v) is 5.25. The summed E-state index contributed by atoms with van der Waals surface area (Å²) in [7, 11) is 0. The lowest BCUT2D eigenvalue weighted by Gasteiger charge is -2.22. The molecule has 0 saturated heterocycles. The lowest BCUT2D eigenvalue weighted by Crippen LogP contribution is -2.49. The molecule has 7 heteroatoms. The Bertz CT molecular complexity index is 764. The molecule has 2 amide bonds. The van der Waals surface area contributed by atoms with E-state index in [1.54, 1.807) is 0 Å². The summed E-state index contributed by atoms with van der Waals surface area (Å²) < 4.78 is 0. The number of amides is 2. The standard InChI is InChI=1S/C18H20N2O4S/c1-11-6-14(25-10-11)7-19-17(23)15(21)16(22)18(24)20-8-12-4-2-3-5-13(12)9-20/h2-6,10,15-16,21-22H,7-9H2,1H3,(H,19,23). The molecule has 132 valence electrons. The normalized spacial score (nSPS) is 15.6. The second-order valence-corrected chi connectivity index (χ2v) is 7.16. The maximum Gasteiger partial charge on any atom is 0.255 e. The van der Waals surface area contributed by atoms with Crippen molar-refractivity contribution in [2.45, 2.75) is 38.8 Å². The van der Waals surface area contributed by atoms with Gasteiger partial charge in [0.1, 0.15) is 0 Å². The van der Waals surface area contributed by atoms with Crippen LogP contribution in [0.4, 0.5) is 0 Å². The van der Waals surface area contributed by atoms with E-state index in [1.807, 2.05) is 42.6 Å². The minimum atomic E-state index is -1.79. The Labute approximate surface area is 149 Å². The number of aryl methyl sites for hydroxylation is 1. The molecule has 0 radical (unpaired) electrons. The van der Waals surface area contributed by atoms with Crippen molar-refractivity contribution in [3.8, 4) is 0 Å². The van der Waals surface area contributed by atoms with E-state index in [1.165, 1.54) is 16.2 Å². The van der Waals surface area contributed by atoms with E-state index in [9.17, 15) is 19.8 Å². The molecule has 0 saturated carbocycles. The Balaban J connectivity index is 1.55. The zero-order valence-electron chi connectivity index (χ0n) is 13.8. The average Bonchev–Trinajstić information content (AvgIpc) is 3.23. The van der Waals surface area contributed by atoms with Gasteiger partial charge in [0.2, 0.25) is 0 Å². The number of carbonyl (C=O) groups is 2. The lowest BCUT2D eigenvalue weighted by atomic mass is 10.1. The molecule has 3 N–H and O–H groups in total. The van der Waals surface area contributed by atoms with Gasteiger partial charge in [0, 0.05) is 18.0 Å². The number of hydrogen-bond acceptors (Lipinski definition) is 5. The van der Waals surface area contributed by atoms with Gasteiger partial charge in [0.05, 0.1) is 6.54 Å². The molecular formula is C18H20N2O4S. The van der Waals surface area contributed by atoms with Crippen LogP contribution in [0.25, 0.3) is 0 Å². The maximum absolute atomic E-state index is 12.4. The summed E-state index contributed by atoms with van der Waals surface area (Å²) in [6.45, 7) is 2.95. The van der Waals surface area contributed by atoms with E-state index in [0.717, 1.165) is 21.6 Å². The van der Waals surface area contributed by atoms with Crippen molar-refractivity contribution in [1.29, 1.82) is 0 Å². The molecule has 3 rings (SSSR count). The van der Waals surface area contributed by atoms with Crippen LogP contribution in [0.15, 0.2) is 35.7 Å². The third kappa shape index (κ3) is 3.89. The van der Waals surface area contributed by atoms with Gasteiger partial charge in [-0.3, -0.25) is 9.59 Å². The van der Waals surface area contributed by atoms with Crippen LogP contribution in [0.3, 0.4) is 0 Å². The van der Waals surface area contributed by atoms with Crippen LogP contribution in [0, 0.1) is 6.92 Å². The van der Waals surface area contributed by atoms with Crippen LogP contribution >= 0.6 is 11.3 Å². The number of thiophene rings is 1. The molecular weight excluding hydrogens is 340 g/mol. The van der Waals surface area contributed by atoms with Gasteiger partial charge in [0.25, 0.3) is 11.8 Å². The summed E-state index contributed by atoms with van der Waals surface area (Å²) in [5.74, 6) is -1.41. The number of carbonyl (C=O) groups excluding carboxylic acids is 2. The molecule has 1 aliphatic heterocycles. The summed E-state index contributed by atoms with van der Waals surface area (Å²) in [6.07, 6.45) is -3.57. The largest absolute Gasteiger partial charge is 0.380 e. The highest BCUT2D eigenvalue weighted by molar-refractivity contribution is 7.10. The summed E-state index contributed by atoms with van der Waals surface area (Å²) in [5, 5.41) is 24.6. The molecule has 1 aromatic carbocycles.